The number of nitro benzene ring substituents is 1. The molecule has 3 saturated heterocycles. The summed E-state index contributed by atoms with van der Waals surface area (Å²) >= 11 is 0. The van der Waals surface area contributed by atoms with Gasteiger partial charge in [0.05, 0.1) is 28.5 Å². The number of para-hydroxylation sites is 2. The minimum Gasteiger partial charge on any atom is -0.373 e. The van der Waals surface area contributed by atoms with Gasteiger partial charge in [0.25, 0.3) is 5.69 Å². The Labute approximate surface area is 126 Å². The fourth-order valence-electron chi connectivity index (χ4n) is 4.14. The van der Waals surface area contributed by atoms with Crippen molar-refractivity contribution >= 4 is 23.2 Å². The molecular weight excluding hydrogens is 288 g/mol. The SMILES string of the molecule is C[C@@]12C(=O)N(c3ccccc3[N+](=O)[O-])C(=O)[C@@H]1[C@H]1CC[C@@H]2O1. The fraction of sp³-hybridized carbons (Fsp3) is 0.467. The van der Waals surface area contributed by atoms with Gasteiger partial charge in [-0.15, -0.1) is 0 Å². The average molecular weight is 302 g/mol. The van der Waals surface area contributed by atoms with E-state index in [0.717, 1.165) is 17.7 Å². The molecule has 4 atom stereocenters. The molecule has 3 aliphatic rings. The van der Waals surface area contributed by atoms with Gasteiger partial charge >= 0.3 is 0 Å². The van der Waals surface area contributed by atoms with Crippen molar-refractivity contribution in [3.63, 3.8) is 0 Å². The minimum atomic E-state index is -0.899. The highest BCUT2D eigenvalue weighted by molar-refractivity contribution is 6.25. The van der Waals surface area contributed by atoms with Crippen molar-refractivity contribution in [2.24, 2.45) is 11.3 Å². The Kier molecular flexibility index (Phi) is 2.51. The predicted octanol–water partition coefficient (Wildman–Crippen LogP) is 1.65. The summed E-state index contributed by atoms with van der Waals surface area (Å²) in [4.78, 5) is 37.3. The van der Waals surface area contributed by atoms with Crippen LogP contribution in [-0.2, 0) is 14.3 Å². The molecule has 3 fully saturated rings. The van der Waals surface area contributed by atoms with Gasteiger partial charge in [0, 0.05) is 6.07 Å². The number of amides is 2. The van der Waals surface area contributed by atoms with Crippen molar-refractivity contribution in [1.82, 2.24) is 0 Å². The zero-order valence-corrected chi connectivity index (χ0v) is 11.9. The number of carbonyl (C=O) groups is 2. The van der Waals surface area contributed by atoms with E-state index >= 15 is 0 Å². The van der Waals surface area contributed by atoms with Crippen LogP contribution in [0.5, 0.6) is 0 Å². The number of rotatable bonds is 2. The first-order valence-corrected chi connectivity index (χ1v) is 7.23. The lowest BCUT2D eigenvalue weighted by molar-refractivity contribution is -0.384. The predicted molar refractivity (Wildman–Crippen MR) is 75.1 cm³/mol. The zero-order valence-electron chi connectivity index (χ0n) is 11.9. The normalized spacial score (nSPS) is 36.0. The number of imide groups is 1. The van der Waals surface area contributed by atoms with E-state index in [0.29, 0.717) is 0 Å². The van der Waals surface area contributed by atoms with E-state index in [1.54, 1.807) is 13.0 Å². The Balaban J connectivity index is 1.84. The number of nitrogens with zero attached hydrogens (tertiary/aromatic N) is 2. The largest absolute Gasteiger partial charge is 0.373 e. The van der Waals surface area contributed by atoms with Gasteiger partial charge in [-0.05, 0) is 25.8 Å². The lowest BCUT2D eigenvalue weighted by Gasteiger charge is -2.27. The molecule has 22 heavy (non-hydrogen) atoms. The monoisotopic (exact) mass is 302 g/mol. The van der Waals surface area contributed by atoms with E-state index in [2.05, 4.69) is 0 Å². The number of nitro groups is 1. The average Bonchev–Trinajstić information content (AvgIpc) is 3.12. The molecular formula is C15H14N2O5. The lowest BCUT2D eigenvalue weighted by Crippen LogP contribution is -2.41. The molecule has 0 saturated carbocycles. The maximum Gasteiger partial charge on any atom is 0.293 e. The van der Waals surface area contributed by atoms with Crippen LogP contribution in [0.15, 0.2) is 24.3 Å². The van der Waals surface area contributed by atoms with Crippen LogP contribution in [0, 0.1) is 21.4 Å². The van der Waals surface area contributed by atoms with E-state index in [1.165, 1.54) is 18.2 Å². The second-order valence-corrected chi connectivity index (χ2v) is 6.23. The number of ether oxygens (including phenoxy) is 1. The maximum atomic E-state index is 12.9. The highest BCUT2D eigenvalue weighted by Gasteiger charge is 2.70. The first kappa shape index (κ1) is 13.4. The number of carbonyl (C=O) groups excluding carboxylic acids is 2. The van der Waals surface area contributed by atoms with Crippen molar-refractivity contribution in [3.8, 4) is 0 Å². The van der Waals surface area contributed by atoms with Gasteiger partial charge in [0.15, 0.2) is 0 Å². The topological polar surface area (TPSA) is 89.8 Å². The van der Waals surface area contributed by atoms with E-state index in [9.17, 15) is 19.7 Å². The first-order valence-electron chi connectivity index (χ1n) is 7.23. The van der Waals surface area contributed by atoms with E-state index in [4.69, 9.17) is 4.74 Å². The number of hydrogen-bond donors (Lipinski definition) is 0. The zero-order chi connectivity index (χ0) is 15.6. The summed E-state index contributed by atoms with van der Waals surface area (Å²) in [6.45, 7) is 1.75. The summed E-state index contributed by atoms with van der Waals surface area (Å²) in [6, 6.07) is 5.85. The Morgan fingerprint density at radius 2 is 2.05 bits per heavy atom. The summed E-state index contributed by atoms with van der Waals surface area (Å²) in [5, 5.41) is 11.2. The van der Waals surface area contributed by atoms with Crippen LogP contribution in [-0.4, -0.2) is 28.9 Å². The lowest BCUT2D eigenvalue weighted by atomic mass is 9.69. The van der Waals surface area contributed by atoms with E-state index in [1.807, 2.05) is 0 Å². The van der Waals surface area contributed by atoms with Crippen LogP contribution in [0.3, 0.4) is 0 Å². The molecule has 0 unspecified atom stereocenters. The Morgan fingerprint density at radius 3 is 2.73 bits per heavy atom. The molecule has 1 aromatic rings. The minimum absolute atomic E-state index is 0.0533. The van der Waals surface area contributed by atoms with Gasteiger partial charge in [-0.3, -0.25) is 19.7 Å². The van der Waals surface area contributed by atoms with E-state index < -0.39 is 16.3 Å². The van der Waals surface area contributed by atoms with Crippen molar-refractivity contribution in [3.05, 3.63) is 34.4 Å². The van der Waals surface area contributed by atoms with Gasteiger partial charge in [-0.2, -0.15) is 0 Å². The van der Waals surface area contributed by atoms with Crippen molar-refractivity contribution in [1.29, 1.82) is 0 Å². The molecule has 0 N–H and O–H groups in total. The van der Waals surface area contributed by atoms with Gasteiger partial charge in [0.1, 0.15) is 5.69 Å². The number of anilines is 1. The first-order chi connectivity index (χ1) is 10.5. The molecule has 0 radical (unpaired) electrons. The highest BCUT2D eigenvalue weighted by Crippen LogP contribution is 2.57. The molecule has 3 aliphatic heterocycles. The van der Waals surface area contributed by atoms with Gasteiger partial charge in [-0.25, -0.2) is 4.90 Å². The summed E-state index contributed by atoms with van der Waals surface area (Å²) in [5.74, 6) is -1.29. The fourth-order valence-corrected chi connectivity index (χ4v) is 4.14. The Morgan fingerprint density at radius 1 is 1.32 bits per heavy atom. The summed E-state index contributed by atoms with van der Waals surface area (Å²) in [5.41, 5.74) is -1.08. The molecule has 0 spiro atoms. The maximum absolute atomic E-state index is 12.9. The van der Waals surface area contributed by atoms with Crippen molar-refractivity contribution in [2.75, 3.05) is 4.90 Å². The quantitative estimate of drug-likeness (QED) is 0.471. The van der Waals surface area contributed by atoms with Crippen LogP contribution in [0.4, 0.5) is 11.4 Å². The van der Waals surface area contributed by atoms with Crippen LogP contribution in [0.25, 0.3) is 0 Å². The van der Waals surface area contributed by atoms with Crippen molar-refractivity contribution in [2.45, 2.75) is 32.0 Å². The molecule has 7 nitrogen and oxygen atoms in total. The molecule has 0 aromatic heterocycles. The van der Waals surface area contributed by atoms with Crippen molar-refractivity contribution < 1.29 is 19.2 Å². The molecule has 2 amide bonds. The molecule has 1 aromatic carbocycles. The molecule has 2 bridgehead atoms. The smallest absolute Gasteiger partial charge is 0.293 e. The molecule has 7 heteroatoms. The van der Waals surface area contributed by atoms with Crippen LogP contribution >= 0.6 is 0 Å². The van der Waals surface area contributed by atoms with Crippen LogP contribution < -0.4 is 4.90 Å². The third-order valence-electron chi connectivity index (χ3n) is 5.21. The Bertz CT molecular complexity index is 718. The van der Waals surface area contributed by atoms with Gasteiger partial charge in [-0.1, -0.05) is 12.1 Å². The molecule has 3 heterocycles. The summed E-state index contributed by atoms with van der Waals surface area (Å²) in [6.07, 6.45) is 0.988. The number of benzene rings is 1. The Hall–Kier alpha value is -2.28. The highest BCUT2D eigenvalue weighted by atomic mass is 16.6. The molecule has 114 valence electrons. The molecule has 0 aliphatic carbocycles. The van der Waals surface area contributed by atoms with E-state index in [-0.39, 0.29) is 35.4 Å². The van der Waals surface area contributed by atoms with Crippen LogP contribution in [0.1, 0.15) is 19.8 Å². The number of hydrogen-bond acceptors (Lipinski definition) is 5. The summed E-state index contributed by atoms with van der Waals surface area (Å²) < 4.78 is 5.74. The standard InChI is InChI=1S/C15H14N2O5/c1-15-11-7-6-10(22-11)12(15)13(18)16(14(15)19)8-4-2-3-5-9(8)17(20)21/h2-5,10-12H,6-7H2,1H3/t10-,11+,12+,15+/m1/s1. The van der Waals surface area contributed by atoms with Crippen LogP contribution in [0.2, 0.25) is 0 Å². The summed E-state index contributed by atoms with van der Waals surface area (Å²) in [7, 11) is 0. The molecule has 4 rings (SSSR count). The van der Waals surface area contributed by atoms with Gasteiger partial charge < -0.3 is 4.74 Å². The number of fused-ring (bicyclic) bond motifs is 5. The second-order valence-electron chi connectivity index (χ2n) is 6.23. The second kappa shape index (κ2) is 4.13. The third kappa shape index (κ3) is 1.39. The third-order valence-corrected chi connectivity index (χ3v) is 5.21. The van der Waals surface area contributed by atoms with Gasteiger partial charge in [0.2, 0.25) is 11.8 Å².